The summed E-state index contributed by atoms with van der Waals surface area (Å²) in [5.41, 5.74) is 1.21. The minimum atomic E-state index is -3.73. The van der Waals surface area contributed by atoms with E-state index in [1.807, 2.05) is 6.07 Å². The molecule has 0 unspecified atom stereocenters. The van der Waals surface area contributed by atoms with Crippen LogP contribution in [0.15, 0.2) is 48.5 Å². The quantitative estimate of drug-likeness (QED) is 0.755. The highest BCUT2D eigenvalue weighted by molar-refractivity contribution is 7.92. The first-order valence-electron chi connectivity index (χ1n) is 7.70. The van der Waals surface area contributed by atoms with Gasteiger partial charge in [0, 0.05) is 5.69 Å². The Hall–Kier alpha value is -3.38. The van der Waals surface area contributed by atoms with Crippen LogP contribution < -0.4 is 9.62 Å². The van der Waals surface area contributed by atoms with Gasteiger partial charge in [-0.25, -0.2) is 13.2 Å². The molecule has 8 nitrogen and oxygen atoms in total. The van der Waals surface area contributed by atoms with Crippen molar-refractivity contribution in [2.45, 2.75) is 0 Å². The Morgan fingerprint density at radius 2 is 1.85 bits per heavy atom. The number of anilines is 2. The molecule has 0 aromatic heterocycles. The van der Waals surface area contributed by atoms with Crippen molar-refractivity contribution in [3.8, 4) is 6.07 Å². The summed E-state index contributed by atoms with van der Waals surface area (Å²) in [7, 11) is -2.49. The van der Waals surface area contributed by atoms with Gasteiger partial charge in [-0.15, -0.1) is 0 Å². The van der Waals surface area contributed by atoms with Crippen LogP contribution in [0.2, 0.25) is 0 Å². The van der Waals surface area contributed by atoms with Crippen molar-refractivity contribution in [3.63, 3.8) is 0 Å². The average molecular weight is 387 g/mol. The fourth-order valence-electron chi connectivity index (χ4n) is 2.27. The molecule has 27 heavy (non-hydrogen) atoms. The number of hydrogen-bond donors (Lipinski definition) is 1. The Kier molecular flexibility index (Phi) is 6.15. The van der Waals surface area contributed by atoms with Gasteiger partial charge in [-0.05, 0) is 42.5 Å². The third-order valence-corrected chi connectivity index (χ3v) is 4.68. The smallest absolute Gasteiger partial charge is 0.337 e. The number of amides is 1. The molecule has 0 saturated heterocycles. The number of ether oxygens (including phenoxy) is 1. The number of carbonyl (C=O) groups is 2. The maximum absolute atomic E-state index is 12.3. The number of hydrogen-bond acceptors (Lipinski definition) is 6. The number of nitrogens with one attached hydrogen (secondary N) is 1. The molecule has 0 radical (unpaired) electrons. The molecule has 0 atom stereocenters. The molecule has 0 spiro atoms. The standard InChI is InChI=1S/C18H17N3O5S/c1-26-18(23)14-4-3-5-15(10-14)20-17(22)12-21(27(2,24)25)16-8-6-13(11-19)7-9-16/h3-10H,12H2,1-2H3,(H,20,22). The molecule has 2 aromatic carbocycles. The second kappa shape index (κ2) is 8.33. The van der Waals surface area contributed by atoms with E-state index in [1.165, 1.54) is 43.5 Å². The zero-order valence-electron chi connectivity index (χ0n) is 14.7. The van der Waals surface area contributed by atoms with Gasteiger partial charge in [-0.2, -0.15) is 5.26 Å². The van der Waals surface area contributed by atoms with Gasteiger partial charge >= 0.3 is 5.97 Å². The first kappa shape index (κ1) is 19.9. The summed E-state index contributed by atoms with van der Waals surface area (Å²) < 4.78 is 29.7. The molecular weight excluding hydrogens is 370 g/mol. The second-order valence-corrected chi connectivity index (χ2v) is 7.46. The van der Waals surface area contributed by atoms with Crippen LogP contribution in [0.4, 0.5) is 11.4 Å². The molecule has 140 valence electrons. The molecule has 1 amide bonds. The molecule has 0 heterocycles. The zero-order chi connectivity index (χ0) is 20.0. The Balaban J connectivity index is 2.19. The lowest BCUT2D eigenvalue weighted by atomic mass is 10.2. The Bertz CT molecular complexity index is 994. The molecule has 0 aliphatic carbocycles. The summed E-state index contributed by atoms with van der Waals surface area (Å²) in [4.78, 5) is 23.9. The largest absolute Gasteiger partial charge is 0.465 e. The molecule has 2 rings (SSSR count). The third kappa shape index (κ3) is 5.29. The third-order valence-electron chi connectivity index (χ3n) is 3.54. The number of sulfonamides is 1. The maximum atomic E-state index is 12.3. The highest BCUT2D eigenvalue weighted by atomic mass is 32.2. The molecule has 0 bridgehead atoms. The van der Waals surface area contributed by atoms with E-state index in [-0.39, 0.29) is 11.3 Å². The summed E-state index contributed by atoms with van der Waals surface area (Å²) in [6.07, 6.45) is 0.983. The van der Waals surface area contributed by atoms with E-state index < -0.39 is 28.4 Å². The number of benzene rings is 2. The Morgan fingerprint density at radius 1 is 1.19 bits per heavy atom. The monoisotopic (exact) mass is 387 g/mol. The number of rotatable bonds is 6. The van der Waals surface area contributed by atoms with Crippen LogP contribution >= 0.6 is 0 Å². The van der Waals surface area contributed by atoms with Crippen molar-refractivity contribution >= 4 is 33.3 Å². The van der Waals surface area contributed by atoms with Gasteiger partial charge in [0.1, 0.15) is 6.54 Å². The minimum absolute atomic E-state index is 0.252. The second-order valence-electron chi connectivity index (χ2n) is 5.55. The van der Waals surface area contributed by atoms with Crippen molar-refractivity contribution in [1.29, 1.82) is 5.26 Å². The zero-order valence-corrected chi connectivity index (χ0v) is 15.5. The average Bonchev–Trinajstić information content (AvgIpc) is 2.65. The van der Waals surface area contributed by atoms with Crippen LogP contribution in [0.1, 0.15) is 15.9 Å². The molecule has 1 N–H and O–H groups in total. The maximum Gasteiger partial charge on any atom is 0.337 e. The summed E-state index contributed by atoms with van der Waals surface area (Å²) in [6.45, 7) is -0.465. The fraction of sp³-hybridized carbons (Fsp3) is 0.167. The molecule has 2 aromatic rings. The van der Waals surface area contributed by atoms with Crippen LogP contribution in [-0.2, 0) is 19.6 Å². The number of nitrogens with zero attached hydrogens (tertiary/aromatic N) is 2. The highest BCUT2D eigenvalue weighted by Crippen LogP contribution is 2.19. The minimum Gasteiger partial charge on any atom is -0.465 e. The summed E-state index contributed by atoms with van der Waals surface area (Å²) in [6, 6.07) is 13.9. The van der Waals surface area contributed by atoms with Crippen molar-refractivity contribution in [3.05, 3.63) is 59.7 Å². The Labute approximate surface area is 157 Å². The lowest BCUT2D eigenvalue weighted by molar-refractivity contribution is -0.114. The van der Waals surface area contributed by atoms with E-state index in [1.54, 1.807) is 12.1 Å². The van der Waals surface area contributed by atoms with E-state index in [2.05, 4.69) is 10.1 Å². The molecule has 0 fully saturated rings. The van der Waals surface area contributed by atoms with Gasteiger partial charge < -0.3 is 10.1 Å². The van der Waals surface area contributed by atoms with Gasteiger partial charge in [-0.1, -0.05) is 6.07 Å². The van der Waals surface area contributed by atoms with Crippen LogP contribution in [0.25, 0.3) is 0 Å². The molecule has 0 saturated carbocycles. The molecule has 0 aliphatic rings. The van der Waals surface area contributed by atoms with Crippen molar-refractivity contribution in [1.82, 2.24) is 0 Å². The first-order valence-corrected chi connectivity index (χ1v) is 9.55. The molecule has 0 aliphatic heterocycles. The summed E-state index contributed by atoms with van der Waals surface area (Å²) >= 11 is 0. The van der Waals surface area contributed by atoms with Gasteiger partial charge in [-0.3, -0.25) is 9.10 Å². The number of methoxy groups -OCH3 is 1. The van der Waals surface area contributed by atoms with Crippen molar-refractivity contribution < 1.29 is 22.7 Å². The van der Waals surface area contributed by atoms with Crippen LogP contribution in [0.5, 0.6) is 0 Å². The van der Waals surface area contributed by atoms with Gasteiger partial charge in [0.25, 0.3) is 0 Å². The van der Waals surface area contributed by atoms with Crippen molar-refractivity contribution in [2.24, 2.45) is 0 Å². The lowest BCUT2D eigenvalue weighted by Gasteiger charge is -2.22. The number of esters is 1. The van der Waals surface area contributed by atoms with E-state index in [4.69, 9.17) is 5.26 Å². The predicted octanol–water partition coefficient (Wildman–Crippen LogP) is 1.75. The van der Waals surface area contributed by atoms with E-state index >= 15 is 0 Å². The number of carbonyl (C=O) groups excluding carboxylic acids is 2. The van der Waals surface area contributed by atoms with E-state index in [9.17, 15) is 18.0 Å². The van der Waals surface area contributed by atoms with Crippen molar-refractivity contribution in [2.75, 3.05) is 29.5 Å². The summed E-state index contributed by atoms with van der Waals surface area (Å²) in [5.74, 6) is -1.15. The fourth-order valence-corrected chi connectivity index (χ4v) is 3.13. The van der Waals surface area contributed by atoms with Gasteiger partial charge in [0.05, 0.1) is 36.2 Å². The SMILES string of the molecule is COC(=O)c1cccc(NC(=O)CN(c2ccc(C#N)cc2)S(C)(=O)=O)c1. The summed E-state index contributed by atoms with van der Waals surface area (Å²) in [5, 5.41) is 11.4. The topological polar surface area (TPSA) is 117 Å². The molecule has 9 heteroatoms. The highest BCUT2D eigenvalue weighted by Gasteiger charge is 2.21. The van der Waals surface area contributed by atoms with Gasteiger partial charge in [0.15, 0.2) is 0 Å². The van der Waals surface area contributed by atoms with E-state index in [0.717, 1.165) is 10.6 Å². The molecular formula is C18H17N3O5S. The first-order chi connectivity index (χ1) is 12.7. The van der Waals surface area contributed by atoms with Gasteiger partial charge in [0.2, 0.25) is 15.9 Å². The van der Waals surface area contributed by atoms with Crippen LogP contribution in [0, 0.1) is 11.3 Å². The predicted molar refractivity (Wildman–Crippen MR) is 99.8 cm³/mol. The normalized spacial score (nSPS) is 10.6. The van der Waals surface area contributed by atoms with E-state index in [0.29, 0.717) is 11.3 Å². The lowest BCUT2D eigenvalue weighted by Crippen LogP contribution is -2.37. The number of nitriles is 1. The Morgan fingerprint density at radius 3 is 2.41 bits per heavy atom. The van der Waals surface area contributed by atoms with Crippen LogP contribution in [-0.4, -0.2) is 40.2 Å². The van der Waals surface area contributed by atoms with Crippen LogP contribution in [0.3, 0.4) is 0 Å².